The molecule has 1 aromatic carbocycles. The second-order valence-corrected chi connectivity index (χ2v) is 6.62. The van der Waals surface area contributed by atoms with E-state index in [9.17, 15) is 14.7 Å². The number of carboxylic acid groups (broad SMARTS) is 1. The number of aromatic nitrogens is 2. The third kappa shape index (κ3) is 3.22. The van der Waals surface area contributed by atoms with Crippen molar-refractivity contribution in [3.05, 3.63) is 53.4 Å². The Labute approximate surface area is 156 Å². The third-order valence-corrected chi connectivity index (χ3v) is 4.98. The lowest BCUT2D eigenvalue weighted by atomic mass is 9.86. The van der Waals surface area contributed by atoms with Crippen LogP contribution in [0.2, 0.25) is 5.15 Å². The molecule has 0 aliphatic carbocycles. The Hall–Kier alpha value is -2.67. The molecule has 1 aromatic heterocycles. The fourth-order valence-corrected chi connectivity index (χ4v) is 3.75. The molecular weight excluding hydrogens is 356 g/mol. The van der Waals surface area contributed by atoms with Crippen molar-refractivity contribution in [1.82, 2.24) is 14.9 Å². The maximum absolute atomic E-state index is 13.4. The van der Waals surface area contributed by atoms with Crippen LogP contribution in [-0.2, 0) is 11.2 Å². The number of carbonyl (C=O) groups is 2. The number of anilines is 1. The number of likely N-dealkylation sites (N-methyl/N-ethyl adjacent to an activating group) is 1. The number of carbonyl (C=O) groups excluding carboxylic acids is 1. The first-order valence-electron chi connectivity index (χ1n) is 8.25. The minimum atomic E-state index is -1.19. The van der Waals surface area contributed by atoms with Gasteiger partial charge in [0.1, 0.15) is 5.54 Å². The van der Waals surface area contributed by atoms with Gasteiger partial charge in [0.2, 0.25) is 0 Å². The summed E-state index contributed by atoms with van der Waals surface area (Å²) in [5.74, 6) is -0.146. The van der Waals surface area contributed by atoms with Gasteiger partial charge in [-0.05, 0) is 18.4 Å². The number of rotatable bonds is 4. The molecule has 3 rings (SSSR count). The van der Waals surface area contributed by atoms with E-state index in [4.69, 9.17) is 11.6 Å². The molecule has 0 saturated carbocycles. The molecule has 26 heavy (non-hydrogen) atoms. The number of amides is 2. The van der Waals surface area contributed by atoms with Crippen LogP contribution < -0.4 is 4.90 Å². The van der Waals surface area contributed by atoms with Crippen molar-refractivity contribution >= 4 is 29.4 Å². The molecule has 1 atom stereocenters. The van der Waals surface area contributed by atoms with Gasteiger partial charge >= 0.3 is 6.09 Å². The molecule has 0 spiro atoms. The Bertz CT molecular complexity index is 817. The first-order valence-corrected chi connectivity index (χ1v) is 8.62. The van der Waals surface area contributed by atoms with Crippen LogP contribution in [0.3, 0.4) is 0 Å². The van der Waals surface area contributed by atoms with Gasteiger partial charge in [-0.15, -0.1) is 0 Å². The molecule has 0 unspecified atom stereocenters. The van der Waals surface area contributed by atoms with E-state index in [-0.39, 0.29) is 16.9 Å². The van der Waals surface area contributed by atoms with Crippen LogP contribution >= 0.6 is 11.6 Å². The quantitative estimate of drug-likeness (QED) is 0.889. The van der Waals surface area contributed by atoms with Crippen LogP contribution in [0.1, 0.15) is 18.4 Å². The Morgan fingerprint density at radius 1 is 1.27 bits per heavy atom. The van der Waals surface area contributed by atoms with Gasteiger partial charge in [-0.3, -0.25) is 14.6 Å². The zero-order valence-corrected chi connectivity index (χ0v) is 15.1. The monoisotopic (exact) mass is 374 g/mol. The minimum absolute atomic E-state index is 0.0954. The molecule has 2 amide bonds. The van der Waals surface area contributed by atoms with Crippen LogP contribution in [0.4, 0.5) is 10.6 Å². The van der Waals surface area contributed by atoms with Gasteiger partial charge in [0.15, 0.2) is 11.0 Å². The van der Waals surface area contributed by atoms with Crippen molar-refractivity contribution in [2.75, 3.05) is 18.5 Å². The predicted molar refractivity (Wildman–Crippen MR) is 97.3 cm³/mol. The maximum atomic E-state index is 13.4. The SMILES string of the molecule is CN(C(=O)[C@]1(Cc2ccccc2)CCCN1C(=O)O)c1nccnc1Cl. The van der Waals surface area contributed by atoms with Crippen LogP contribution in [0.5, 0.6) is 0 Å². The van der Waals surface area contributed by atoms with Gasteiger partial charge in [0.05, 0.1) is 0 Å². The van der Waals surface area contributed by atoms with Gasteiger partial charge in [-0.1, -0.05) is 41.9 Å². The lowest BCUT2D eigenvalue weighted by Gasteiger charge is -2.38. The lowest BCUT2D eigenvalue weighted by Crippen LogP contribution is -2.59. The summed E-state index contributed by atoms with van der Waals surface area (Å²) in [7, 11) is 1.54. The highest BCUT2D eigenvalue weighted by atomic mass is 35.5. The maximum Gasteiger partial charge on any atom is 0.408 e. The largest absolute Gasteiger partial charge is 0.465 e. The van der Waals surface area contributed by atoms with Crippen molar-refractivity contribution < 1.29 is 14.7 Å². The predicted octanol–water partition coefficient (Wildman–Crippen LogP) is 2.85. The summed E-state index contributed by atoms with van der Waals surface area (Å²) in [6.07, 6.45) is 3.12. The van der Waals surface area contributed by atoms with Crippen molar-refractivity contribution in [1.29, 1.82) is 0 Å². The average molecular weight is 375 g/mol. The number of hydrogen-bond donors (Lipinski definition) is 1. The van der Waals surface area contributed by atoms with Gasteiger partial charge < -0.3 is 5.11 Å². The van der Waals surface area contributed by atoms with Crippen molar-refractivity contribution in [2.24, 2.45) is 0 Å². The van der Waals surface area contributed by atoms with E-state index in [1.165, 1.54) is 22.2 Å². The molecule has 2 heterocycles. The summed E-state index contributed by atoms with van der Waals surface area (Å²) in [6, 6.07) is 9.41. The Morgan fingerprint density at radius 2 is 1.96 bits per heavy atom. The number of halogens is 1. The minimum Gasteiger partial charge on any atom is -0.465 e. The summed E-state index contributed by atoms with van der Waals surface area (Å²) in [6.45, 7) is 0.315. The molecular formula is C18H19ClN4O3. The van der Waals surface area contributed by atoms with Crippen LogP contribution in [0.25, 0.3) is 0 Å². The summed E-state index contributed by atoms with van der Waals surface area (Å²) in [5.41, 5.74) is -0.296. The van der Waals surface area contributed by atoms with E-state index < -0.39 is 11.6 Å². The van der Waals surface area contributed by atoms with Gasteiger partial charge in [0.25, 0.3) is 5.91 Å². The lowest BCUT2D eigenvalue weighted by molar-refractivity contribution is -0.128. The van der Waals surface area contributed by atoms with Crippen LogP contribution in [-0.4, -0.2) is 51.1 Å². The Morgan fingerprint density at radius 3 is 2.62 bits per heavy atom. The van der Waals surface area contributed by atoms with Gasteiger partial charge in [-0.25, -0.2) is 14.8 Å². The normalized spacial score (nSPS) is 19.4. The highest BCUT2D eigenvalue weighted by molar-refractivity contribution is 6.32. The first-order chi connectivity index (χ1) is 12.5. The van der Waals surface area contributed by atoms with Crippen LogP contribution in [0.15, 0.2) is 42.7 Å². The highest BCUT2D eigenvalue weighted by Crippen LogP contribution is 2.36. The molecule has 2 aromatic rings. The summed E-state index contributed by atoms with van der Waals surface area (Å²) in [5, 5.41) is 9.78. The summed E-state index contributed by atoms with van der Waals surface area (Å²) >= 11 is 6.08. The molecule has 1 aliphatic rings. The van der Waals surface area contributed by atoms with E-state index in [2.05, 4.69) is 9.97 Å². The van der Waals surface area contributed by atoms with E-state index >= 15 is 0 Å². The third-order valence-electron chi connectivity index (χ3n) is 4.72. The molecule has 0 radical (unpaired) electrons. The smallest absolute Gasteiger partial charge is 0.408 e. The Balaban J connectivity index is 2.01. The standard InChI is InChI=1S/C18H19ClN4O3/c1-22(15-14(19)20-9-10-21-15)16(24)18(8-5-11-23(18)17(25)26)12-13-6-3-2-4-7-13/h2-4,6-7,9-10H,5,8,11-12H2,1H3,(H,25,26)/t18-/m1/s1. The van der Waals surface area contributed by atoms with E-state index in [0.717, 1.165) is 5.56 Å². The highest BCUT2D eigenvalue weighted by Gasteiger charge is 2.51. The van der Waals surface area contributed by atoms with E-state index in [1.54, 1.807) is 7.05 Å². The fraction of sp³-hybridized carbons (Fsp3) is 0.333. The van der Waals surface area contributed by atoms with Crippen molar-refractivity contribution in [2.45, 2.75) is 24.8 Å². The zero-order chi connectivity index (χ0) is 18.7. The molecule has 1 fully saturated rings. The summed E-state index contributed by atoms with van der Waals surface area (Å²) in [4.78, 5) is 35.9. The fourth-order valence-electron chi connectivity index (χ4n) is 3.52. The van der Waals surface area contributed by atoms with E-state index in [1.807, 2.05) is 30.3 Å². The molecule has 1 N–H and O–H groups in total. The first kappa shape index (κ1) is 18.1. The molecule has 1 aliphatic heterocycles. The zero-order valence-electron chi connectivity index (χ0n) is 14.3. The number of likely N-dealkylation sites (tertiary alicyclic amines) is 1. The molecule has 1 saturated heterocycles. The average Bonchev–Trinajstić information content (AvgIpc) is 3.06. The number of nitrogens with zero attached hydrogens (tertiary/aromatic N) is 4. The summed E-state index contributed by atoms with van der Waals surface area (Å²) < 4.78 is 0. The second-order valence-electron chi connectivity index (χ2n) is 6.27. The van der Waals surface area contributed by atoms with Crippen LogP contribution in [0, 0.1) is 0 Å². The van der Waals surface area contributed by atoms with Crippen molar-refractivity contribution in [3.63, 3.8) is 0 Å². The second kappa shape index (κ2) is 7.29. The van der Waals surface area contributed by atoms with Gasteiger partial charge in [0, 0.05) is 32.4 Å². The topological polar surface area (TPSA) is 86.6 Å². The molecule has 0 bridgehead atoms. The van der Waals surface area contributed by atoms with Gasteiger partial charge in [-0.2, -0.15) is 0 Å². The number of hydrogen-bond acceptors (Lipinski definition) is 4. The molecule has 7 nitrogen and oxygen atoms in total. The van der Waals surface area contributed by atoms with E-state index in [0.29, 0.717) is 25.8 Å². The molecule has 8 heteroatoms. The van der Waals surface area contributed by atoms with Crippen molar-refractivity contribution in [3.8, 4) is 0 Å². The Kier molecular flexibility index (Phi) is 5.08. The number of benzene rings is 1. The molecule has 136 valence electrons.